The minimum absolute atomic E-state index is 0.0279. The van der Waals surface area contributed by atoms with Gasteiger partial charge in [-0.25, -0.2) is 14.6 Å². The van der Waals surface area contributed by atoms with Crippen molar-refractivity contribution in [2.45, 2.75) is 19.0 Å². The first-order valence-electron chi connectivity index (χ1n) is 14.7. The molecule has 0 saturated carbocycles. The topological polar surface area (TPSA) is 165 Å². The lowest BCUT2D eigenvalue weighted by molar-refractivity contribution is -0.134. The minimum atomic E-state index is -1.67. The van der Waals surface area contributed by atoms with E-state index in [0.717, 1.165) is 21.5 Å². The fourth-order valence-electron chi connectivity index (χ4n) is 5.95. The van der Waals surface area contributed by atoms with Gasteiger partial charge in [0.1, 0.15) is 11.7 Å². The molecule has 3 N–H and O–H groups in total. The van der Waals surface area contributed by atoms with E-state index in [1.165, 1.54) is 6.92 Å². The predicted molar refractivity (Wildman–Crippen MR) is 167 cm³/mol. The predicted octanol–water partition coefficient (Wildman–Crippen LogP) is 3.26. The Labute approximate surface area is 263 Å². The third-order valence-corrected chi connectivity index (χ3v) is 8.18. The van der Waals surface area contributed by atoms with Crippen molar-refractivity contribution < 1.29 is 29.4 Å². The van der Waals surface area contributed by atoms with Gasteiger partial charge in [0, 0.05) is 37.1 Å². The number of aromatic amines is 1. The van der Waals surface area contributed by atoms with Crippen molar-refractivity contribution in [2.75, 3.05) is 31.2 Å². The highest BCUT2D eigenvalue weighted by atomic mass is 16.4. The Kier molecular flexibility index (Phi) is 8.31. The maximum atomic E-state index is 14.0. The maximum absolute atomic E-state index is 14.0. The van der Waals surface area contributed by atoms with Crippen molar-refractivity contribution in [1.29, 1.82) is 0 Å². The van der Waals surface area contributed by atoms with Crippen molar-refractivity contribution in [2.24, 2.45) is 0 Å². The molecular weight excluding hydrogens is 590 g/mol. The molecule has 1 saturated heterocycles. The molecule has 0 radical (unpaired) electrons. The summed E-state index contributed by atoms with van der Waals surface area (Å²) < 4.78 is 0. The second-order valence-electron chi connectivity index (χ2n) is 11.0. The van der Waals surface area contributed by atoms with Crippen LogP contribution in [0.1, 0.15) is 55.6 Å². The SMILES string of the molecule is C[C@@H](C(=O)N1CCN(C(c2ccccc2)c2ccccc2)CC1)N(C(=O)c1cc2ccccc2[nH]1)n1nnc(C(=O)O)c1C(=O)O. The van der Waals surface area contributed by atoms with Crippen molar-refractivity contribution >= 4 is 34.7 Å². The van der Waals surface area contributed by atoms with Gasteiger partial charge < -0.3 is 20.1 Å². The van der Waals surface area contributed by atoms with Gasteiger partial charge in [0.25, 0.3) is 5.91 Å². The number of nitrogens with zero attached hydrogens (tertiary/aromatic N) is 6. The number of aromatic nitrogens is 4. The number of para-hydroxylation sites is 1. The van der Waals surface area contributed by atoms with Gasteiger partial charge in [-0.1, -0.05) is 78.9 Å². The van der Waals surface area contributed by atoms with E-state index in [4.69, 9.17) is 0 Å². The molecule has 13 nitrogen and oxygen atoms in total. The largest absolute Gasteiger partial charge is 0.476 e. The molecule has 0 aliphatic carbocycles. The summed E-state index contributed by atoms with van der Waals surface area (Å²) in [6, 6.07) is 27.7. The Hall–Kier alpha value is -5.82. The Morgan fingerprint density at radius 1 is 0.804 bits per heavy atom. The molecule has 46 heavy (non-hydrogen) atoms. The Morgan fingerprint density at radius 3 is 1.96 bits per heavy atom. The van der Waals surface area contributed by atoms with Gasteiger partial charge in [0.2, 0.25) is 17.3 Å². The van der Waals surface area contributed by atoms with E-state index in [0.29, 0.717) is 36.5 Å². The van der Waals surface area contributed by atoms with Crippen molar-refractivity contribution in [3.8, 4) is 0 Å². The van der Waals surface area contributed by atoms with Crippen LogP contribution in [-0.2, 0) is 4.79 Å². The third kappa shape index (κ3) is 5.71. The number of hydrogen-bond acceptors (Lipinski definition) is 7. The first-order chi connectivity index (χ1) is 22.2. The summed E-state index contributed by atoms with van der Waals surface area (Å²) in [7, 11) is 0. The average molecular weight is 622 g/mol. The standard InChI is InChI=1S/C33H31N7O6/c1-21(30(41)38-18-16-37(17-19-38)28(22-10-4-2-5-11-22)23-12-6-3-7-13-23)39(40-29(33(45)46)27(32(43)44)35-36-40)31(42)26-20-24-14-8-9-15-25(24)34-26/h2-15,20-21,28,34H,16-19H2,1H3,(H,43,44)(H,45,46)/t21-/m0/s1. The highest BCUT2D eigenvalue weighted by Crippen LogP contribution is 2.30. The van der Waals surface area contributed by atoms with Gasteiger partial charge in [-0.05, 0) is 35.4 Å². The number of H-pyrrole nitrogens is 1. The van der Waals surface area contributed by atoms with Crippen LogP contribution in [0.25, 0.3) is 10.9 Å². The number of nitrogens with one attached hydrogen (secondary N) is 1. The normalized spacial score (nSPS) is 14.3. The van der Waals surface area contributed by atoms with Crippen LogP contribution in [0.2, 0.25) is 0 Å². The van der Waals surface area contributed by atoms with E-state index in [1.54, 1.807) is 35.2 Å². The van der Waals surface area contributed by atoms with Crippen molar-refractivity contribution in [3.63, 3.8) is 0 Å². The second kappa shape index (κ2) is 12.7. The van der Waals surface area contributed by atoms with Crippen LogP contribution < -0.4 is 5.01 Å². The van der Waals surface area contributed by atoms with Gasteiger partial charge in [0.05, 0.1) is 6.04 Å². The molecule has 5 aromatic rings. The molecule has 234 valence electrons. The van der Waals surface area contributed by atoms with E-state index in [9.17, 15) is 29.4 Å². The second-order valence-corrected chi connectivity index (χ2v) is 11.0. The number of carbonyl (C=O) groups is 4. The maximum Gasteiger partial charge on any atom is 0.359 e. The molecule has 2 amide bonds. The summed E-state index contributed by atoms with van der Waals surface area (Å²) in [5.41, 5.74) is 1.24. The highest BCUT2D eigenvalue weighted by molar-refractivity contribution is 6.07. The monoisotopic (exact) mass is 621 g/mol. The molecule has 2 aromatic heterocycles. The number of amides is 2. The molecule has 6 rings (SSSR count). The summed E-state index contributed by atoms with van der Waals surface area (Å²) in [6.45, 7) is 3.22. The molecule has 0 unspecified atom stereocenters. The van der Waals surface area contributed by atoms with Crippen LogP contribution in [0.15, 0.2) is 91.0 Å². The first-order valence-corrected chi connectivity index (χ1v) is 14.7. The zero-order chi connectivity index (χ0) is 32.4. The highest BCUT2D eigenvalue weighted by Gasteiger charge is 2.39. The van der Waals surface area contributed by atoms with Crippen LogP contribution in [0.3, 0.4) is 0 Å². The van der Waals surface area contributed by atoms with E-state index >= 15 is 0 Å². The first kappa shape index (κ1) is 30.2. The van der Waals surface area contributed by atoms with E-state index in [1.807, 2.05) is 36.4 Å². The van der Waals surface area contributed by atoms with Crippen LogP contribution >= 0.6 is 0 Å². The van der Waals surface area contributed by atoms with Crippen molar-refractivity contribution in [3.05, 3.63) is 119 Å². The summed E-state index contributed by atoms with van der Waals surface area (Å²) >= 11 is 0. The number of benzene rings is 3. The molecule has 1 fully saturated rings. The van der Waals surface area contributed by atoms with Gasteiger partial charge in [-0.3, -0.25) is 14.5 Å². The number of fused-ring (bicyclic) bond motifs is 1. The summed E-state index contributed by atoms with van der Waals surface area (Å²) in [6.07, 6.45) is 0. The molecule has 1 aliphatic heterocycles. The van der Waals surface area contributed by atoms with Crippen LogP contribution in [0.4, 0.5) is 0 Å². The lowest BCUT2D eigenvalue weighted by atomic mass is 9.96. The summed E-state index contributed by atoms with van der Waals surface area (Å²) in [4.78, 5) is 59.6. The van der Waals surface area contributed by atoms with Crippen LogP contribution in [0.5, 0.6) is 0 Å². The van der Waals surface area contributed by atoms with E-state index in [2.05, 4.69) is 44.5 Å². The number of carbonyl (C=O) groups excluding carboxylic acids is 2. The summed E-state index contributed by atoms with van der Waals surface area (Å²) in [5, 5.41) is 28.3. The zero-order valence-corrected chi connectivity index (χ0v) is 24.9. The molecule has 1 atom stereocenters. The number of carboxylic acids is 2. The van der Waals surface area contributed by atoms with Crippen LogP contribution in [0, 0.1) is 0 Å². The molecule has 13 heteroatoms. The van der Waals surface area contributed by atoms with Crippen LogP contribution in [-0.4, -0.2) is 96.1 Å². The minimum Gasteiger partial charge on any atom is -0.476 e. The zero-order valence-electron chi connectivity index (χ0n) is 24.9. The Balaban J connectivity index is 1.29. The van der Waals surface area contributed by atoms with Gasteiger partial charge in [-0.2, -0.15) is 0 Å². The quantitative estimate of drug-likeness (QED) is 0.224. The third-order valence-electron chi connectivity index (χ3n) is 8.18. The summed E-state index contributed by atoms with van der Waals surface area (Å²) in [5.74, 6) is -4.54. The molecule has 0 bridgehead atoms. The van der Waals surface area contributed by atoms with E-state index in [-0.39, 0.29) is 11.7 Å². The number of piperazine rings is 1. The smallest absolute Gasteiger partial charge is 0.359 e. The van der Waals surface area contributed by atoms with Gasteiger partial charge in [0.15, 0.2) is 0 Å². The van der Waals surface area contributed by atoms with Gasteiger partial charge in [-0.15, -0.1) is 9.89 Å². The lowest BCUT2D eigenvalue weighted by Gasteiger charge is -2.41. The molecule has 0 spiro atoms. The number of rotatable bonds is 9. The fourth-order valence-corrected chi connectivity index (χ4v) is 5.95. The number of carboxylic acid groups (broad SMARTS) is 2. The number of hydrogen-bond donors (Lipinski definition) is 3. The molecule has 3 aromatic carbocycles. The molecule has 1 aliphatic rings. The molecular formula is C33H31N7O6. The average Bonchev–Trinajstić information content (AvgIpc) is 3.72. The lowest BCUT2D eigenvalue weighted by Crippen LogP contribution is -2.59. The Morgan fingerprint density at radius 2 is 1.39 bits per heavy atom. The van der Waals surface area contributed by atoms with Crippen molar-refractivity contribution in [1.82, 2.24) is 29.9 Å². The number of aromatic carboxylic acids is 2. The van der Waals surface area contributed by atoms with E-state index < -0.39 is 41.2 Å². The molecule has 3 heterocycles. The Bertz CT molecular complexity index is 1820. The fraction of sp³-hybridized carbons (Fsp3) is 0.212. The van der Waals surface area contributed by atoms with Gasteiger partial charge >= 0.3 is 11.9 Å².